The molecular weight excluding hydrogens is 438 g/mol. The molecular formula is C14H17Br2NO2S2. The Morgan fingerprint density at radius 2 is 1.95 bits per heavy atom. The number of phenolic OH excluding ortho intramolecular Hbond substituents is 1. The van der Waals surface area contributed by atoms with Crippen molar-refractivity contribution in [2.45, 2.75) is 26.0 Å². The van der Waals surface area contributed by atoms with Crippen LogP contribution in [0.4, 0.5) is 0 Å². The van der Waals surface area contributed by atoms with Crippen LogP contribution >= 0.6 is 55.8 Å². The molecule has 1 aromatic rings. The maximum atomic E-state index is 12.5. The molecule has 0 saturated heterocycles. The number of thiocarbonyl (C=S) groups is 1. The summed E-state index contributed by atoms with van der Waals surface area (Å²) >= 11 is 13.3. The standard InChI is InChI=1S/C14H17Br2NO2S2/c1-4-17(5-2)14(20)21-8(3)12(18)10-6-9(15)7-11(16)13(10)19/h6-8,19H,4-5H2,1-3H3/t8-/m1/s1. The van der Waals surface area contributed by atoms with Crippen molar-refractivity contribution < 1.29 is 9.90 Å². The van der Waals surface area contributed by atoms with Crippen molar-refractivity contribution >= 4 is 65.9 Å². The van der Waals surface area contributed by atoms with Crippen LogP contribution in [0.25, 0.3) is 0 Å². The van der Waals surface area contributed by atoms with Gasteiger partial charge in [0.1, 0.15) is 10.1 Å². The van der Waals surface area contributed by atoms with Crippen molar-refractivity contribution in [3.63, 3.8) is 0 Å². The van der Waals surface area contributed by atoms with E-state index in [-0.39, 0.29) is 16.8 Å². The Labute approximate surface area is 151 Å². The van der Waals surface area contributed by atoms with Gasteiger partial charge in [-0.1, -0.05) is 39.9 Å². The van der Waals surface area contributed by atoms with Crippen LogP contribution in [0, 0.1) is 0 Å². The van der Waals surface area contributed by atoms with Gasteiger partial charge in [0.05, 0.1) is 15.3 Å². The monoisotopic (exact) mass is 453 g/mol. The number of aromatic hydroxyl groups is 1. The van der Waals surface area contributed by atoms with Gasteiger partial charge in [0.15, 0.2) is 5.78 Å². The molecule has 21 heavy (non-hydrogen) atoms. The average molecular weight is 455 g/mol. The van der Waals surface area contributed by atoms with Gasteiger partial charge in [-0.05, 0) is 48.8 Å². The third kappa shape index (κ3) is 4.94. The van der Waals surface area contributed by atoms with E-state index in [2.05, 4.69) is 31.9 Å². The third-order valence-corrected chi connectivity index (χ3v) is 5.60. The quantitative estimate of drug-likeness (QED) is 0.508. The first kappa shape index (κ1) is 18.9. The predicted octanol–water partition coefficient (Wildman–Crippen LogP) is 4.85. The van der Waals surface area contributed by atoms with Crippen molar-refractivity contribution in [1.29, 1.82) is 0 Å². The normalized spacial score (nSPS) is 12.0. The van der Waals surface area contributed by atoms with Crippen LogP contribution in [0.2, 0.25) is 0 Å². The molecule has 0 heterocycles. The van der Waals surface area contributed by atoms with E-state index in [1.165, 1.54) is 11.8 Å². The van der Waals surface area contributed by atoms with E-state index >= 15 is 0 Å². The minimum Gasteiger partial charge on any atom is -0.506 e. The second kappa shape index (κ2) is 8.50. The van der Waals surface area contributed by atoms with Gasteiger partial charge >= 0.3 is 0 Å². The number of halogens is 2. The zero-order chi connectivity index (χ0) is 16.2. The number of benzene rings is 1. The van der Waals surface area contributed by atoms with Crippen molar-refractivity contribution in [1.82, 2.24) is 4.90 Å². The smallest absolute Gasteiger partial charge is 0.179 e. The summed E-state index contributed by atoms with van der Waals surface area (Å²) in [6, 6.07) is 3.32. The molecule has 0 unspecified atom stereocenters. The molecule has 7 heteroatoms. The van der Waals surface area contributed by atoms with Crippen LogP contribution in [0.5, 0.6) is 5.75 Å². The second-order valence-corrected chi connectivity index (χ2v) is 8.09. The Morgan fingerprint density at radius 3 is 2.48 bits per heavy atom. The summed E-state index contributed by atoms with van der Waals surface area (Å²) in [5, 5.41) is 9.68. The average Bonchev–Trinajstić information content (AvgIpc) is 2.43. The zero-order valence-electron chi connectivity index (χ0n) is 12.0. The van der Waals surface area contributed by atoms with E-state index in [4.69, 9.17) is 12.2 Å². The molecule has 0 amide bonds. The summed E-state index contributed by atoms with van der Waals surface area (Å²) in [5.41, 5.74) is 0.290. The molecule has 116 valence electrons. The van der Waals surface area contributed by atoms with Crippen molar-refractivity contribution in [3.8, 4) is 5.75 Å². The predicted molar refractivity (Wildman–Crippen MR) is 100 cm³/mol. The van der Waals surface area contributed by atoms with E-state index in [1.54, 1.807) is 19.1 Å². The van der Waals surface area contributed by atoms with E-state index < -0.39 is 0 Å². The molecule has 0 aromatic heterocycles. The number of phenols is 1. The maximum Gasteiger partial charge on any atom is 0.179 e. The first-order valence-corrected chi connectivity index (χ1v) is 9.36. The number of carbonyl (C=O) groups is 1. The van der Waals surface area contributed by atoms with Crippen molar-refractivity contribution in [3.05, 3.63) is 26.6 Å². The fourth-order valence-corrected chi connectivity index (χ4v) is 4.59. The van der Waals surface area contributed by atoms with Gasteiger partial charge in [-0.3, -0.25) is 4.79 Å². The minimum absolute atomic E-state index is 0.0376. The molecule has 1 N–H and O–H groups in total. The molecule has 0 saturated carbocycles. The lowest BCUT2D eigenvalue weighted by atomic mass is 10.1. The van der Waals surface area contributed by atoms with Crippen molar-refractivity contribution in [2.24, 2.45) is 0 Å². The topological polar surface area (TPSA) is 40.5 Å². The van der Waals surface area contributed by atoms with Crippen LogP contribution in [-0.2, 0) is 0 Å². The molecule has 1 rings (SSSR count). The molecule has 0 aliphatic carbocycles. The number of hydrogen-bond donors (Lipinski definition) is 1. The fraction of sp³-hybridized carbons (Fsp3) is 0.429. The number of thioether (sulfide) groups is 1. The summed E-state index contributed by atoms with van der Waals surface area (Å²) in [5.74, 6) is -0.182. The molecule has 0 aliphatic rings. The maximum absolute atomic E-state index is 12.5. The van der Waals surface area contributed by atoms with Gasteiger partial charge in [0.25, 0.3) is 0 Å². The molecule has 3 nitrogen and oxygen atoms in total. The Kier molecular flexibility index (Phi) is 7.67. The van der Waals surface area contributed by atoms with Crippen LogP contribution in [-0.4, -0.2) is 38.4 Å². The lowest BCUT2D eigenvalue weighted by Crippen LogP contribution is -2.29. The molecule has 0 bridgehead atoms. The highest BCUT2D eigenvalue weighted by atomic mass is 79.9. The summed E-state index contributed by atoms with van der Waals surface area (Å²) in [6.07, 6.45) is 0. The van der Waals surface area contributed by atoms with E-state index in [0.717, 1.165) is 17.6 Å². The highest BCUT2D eigenvalue weighted by Crippen LogP contribution is 2.34. The number of hydrogen-bond acceptors (Lipinski definition) is 4. The number of carbonyl (C=O) groups excluding carboxylic acids is 1. The first-order chi connectivity index (χ1) is 9.81. The lowest BCUT2D eigenvalue weighted by molar-refractivity contribution is 0.0991. The number of nitrogens with zero attached hydrogens (tertiary/aromatic N) is 1. The Hall–Kier alpha value is -0.110. The summed E-state index contributed by atoms with van der Waals surface area (Å²) in [6.45, 7) is 7.49. The Balaban J connectivity index is 2.91. The SMILES string of the molecule is CCN(CC)C(=S)S[C@H](C)C(=O)c1cc(Br)cc(Br)c1O. The van der Waals surface area contributed by atoms with E-state index in [0.29, 0.717) is 14.4 Å². The van der Waals surface area contributed by atoms with Gasteiger partial charge in [-0.25, -0.2) is 0 Å². The number of Topliss-reactive ketones (excluding diaryl/α,β-unsaturated/α-hetero) is 1. The second-order valence-electron chi connectivity index (χ2n) is 4.35. The van der Waals surface area contributed by atoms with Crippen LogP contribution in [0.1, 0.15) is 31.1 Å². The summed E-state index contributed by atoms with van der Waals surface area (Å²) < 4.78 is 1.93. The molecule has 0 fully saturated rings. The largest absolute Gasteiger partial charge is 0.506 e. The first-order valence-electron chi connectivity index (χ1n) is 6.49. The van der Waals surface area contributed by atoms with Gasteiger partial charge in [0.2, 0.25) is 0 Å². The zero-order valence-corrected chi connectivity index (χ0v) is 16.8. The minimum atomic E-state index is -0.356. The van der Waals surface area contributed by atoms with Gasteiger partial charge < -0.3 is 10.0 Å². The van der Waals surface area contributed by atoms with Gasteiger partial charge in [-0.15, -0.1) is 0 Å². The van der Waals surface area contributed by atoms with E-state index in [9.17, 15) is 9.90 Å². The third-order valence-electron chi connectivity index (χ3n) is 2.96. The van der Waals surface area contributed by atoms with Crippen molar-refractivity contribution in [2.75, 3.05) is 13.1 Å². The molecule has 1 aromatic carbocycles. The van der Waals surface area contributed by atoms with Crippen LogP contribution in [0.15, 0.2) is 21.1 Å². The highest BCUT2D eigenvalue weighted by molar-refractivity contribution is 9.11. The number of rotatable bonds is 5. The summed E-state index contributed by atoms with van der Waals surface area (Å²) in [7, 11) is 0. The Bertz CT molecular complexity index is 548. The highest BCUT2D eigenvalue weighted by Gasteiger charge is 2.23. The van der Waals surface area contributed by atoms with Gasteiger partial charge in [0, 0.05) is 17.6 Å². The van der Waals surface area contributed by atoms with Crippen LogP contribution < -0.4 is 0 Å². The molecule has 0 radical (unpaired) electrons. The lowest BCUT2D eigenvalue weighted by Gasteiger charge is -2.23. The molecule has 0 aliphatic heterocycles. The fourth-order valence-electron chi connectivity index (χ4n) is 1.73. The van der Waals surface area contributed by atoms with E-state index in [1.807, 2.05) is 18.7 Å². The molecule has 0 spiro atoms. The number of ketones is 1. The Morgan fingerprint density at radius 1 is 1.38 bits per heavy atom. The molecule has 1 atom stereocenters. The summed E-state index contributed by atoms with van der Waals surface area (Å²) in [4.78, 5) is 14.5. The van der Waals surface area contributed by atoms with Crippen LogP contribution in [0.3, 0.4) is 0 Å². The van der Waals surface area contributed by atoms with Gasteiger partial charge in [-0.2, -0.15) is 0 Å².